The van der Waals surface area contributed by atoms with E-state index < -0.39 is 17.8 Å². The summed E-state index contributed by atoms with van der Waals surface area (Å²) >= 11 is 0. The summed E-state index contributed by atoms with van der Waals surface area (Å²) in [7, 11) is 0. The Morgan fingerprint density at radius 1 is 1.07 bits per heavy atom. The van der Waals surface area contributed by atoms with Gasteiger partial charge in [-0.3, -0.25) is 4.79 Å². The smallest absolute Gasteiger partial charge is 0.412 e. The van der Waals surface area contributed by atoms with Crippen molar-refractivity contribution in [1.82, 2.24) is 10.6 Å². The van der Waals surface area contributed by atoms with Crippen molar-refractivity contribution in [2.45, 2.75) is 58.5 Å². The van der Waals surface area contributed by atoms with Crippen LogP contribution in [0.3, 0.4) is 0 Å². The van der Waals surface area contributed by atoms with E-state index in [1.807, 2.05) is 0 Å². The van der Waals surface area contributed by atoms with E-state index in [4.69, 9.17) is 9.47 Å². The number of nitrogens with one attached hydrogen (secondary N) is 2. The van der Waals surface area contributed by atoms with Crippen LogP contribution in [0.4, 0.5) is 9.59 Å². The molecular weight excluding hydrogens is 360 g/mol. The number of carbonyl (C=O) groups is 3. The quantitative estimate of drug-likeness (QED) is 0.685. The van der Waals surface area contributed by atoms with Gasteiger partial charge in [0.2, 0.25) is 0 Å². The molecule has 1 fully saturated rings. The predicted octanol–water partition coefficient (Wildman–Crippen LogP) is 4.06. The largest absolute Gasteiger partial charge is 0.444 e. The minimum Gasteiger partial charge on any atom is -0.444 e. The number of carbonyl (C=O) groups excluding carboxylic acids is 3. The maximum absolute atomic E-state index is 12.3. The topological polar surface area (TPSA) is 93.7 Å². The lowest BCUT2D eigenvalue weighted by Crippen LogP contribution is -2.33. The summed E-state index contributed by atoms with van der Waals surface area (Å²) in [6.45, 7) is 6.10. The number of hydrogen-bond donors (Lipinski definition) is 2. The molecule has 154 valence electrons. The Morgan fingerprint density at radius 3 is 2.46 bits per heavy atom. The average molecular weight is 390 g/mol. The zero-order valence-corrected chi connectivity index (χ0v) is 16.9. The minimum absolute atomic E-state index is 0.122. The lowest BCUT2D eigenvalue weighted by atomic mass is 10.1. The van der Waals surface area contributed by atoms with Crippen LogP contribution in [0.15, 0.2) is 24.3 Å². The van der Waals surface area contributed by atoms with E-state index in [0.717, 1.165) is 12.8 Å². The number of ether oxygens (including phenoxy) is 2. The molecule has 1 aromatic carbocycles. The number of Topliss-reactive ketones (excluding diaryl/α,β-unsaturated/α-hetero) is 1. The summed E-state index contributed by atoms with van der Waals surface area (Å²) in [5.74, 6) is 0.681. The molecule has 7 nitrogen and oxygen atoms in total. The third-order valence-electron chi connectivity index (χ3n) is 4.40. The van der Waals surface area contributed by atoms with Gasteiger partial charge in [0.15, 0.2) is 5.78 Å². The van der Waals surface area contributed by atoms with Gasteiger partial charge in [0.1, 0.15) is 11.4 Å². The van der Waals surface area contributed by atoms with Crippen molar-refractivity contribution < 1.29 is 23.9 Å². The highest BCUT2D eigenvalue weighted by Gasteiger charge is 2.17. The summed E-state index contributed by atoms with van der Waals surface area (Å²) in [4.78, 5) is 35.8. The molecule has 7 heteroatoms. The van der Waals surface area contributed by atoms with E-state index in [-0.39, 0.29) is 18.7 Å². The van der Waals surface area contributed by atoms with Crippen molar-refractivity contribution in [3.63, 3.8) is 0 Å². The van der Waals surface area contributed by atoms with Gasteiger partial charge < -0.3 is 20.1 Å². The molecule has 2 N–H and O–H groups in total. The van der Waals surface area contributed by atoms with Crippen molar-refractivity contribution in [2.24, 2.45) is 5.92 Å². The standard InChI is InChI=1S/C21H30N2O5/c1-21(2,3)28-20(26)22-12-11-18(24)16-9-6-10-17(13-16)27-19(25)23-14-15-7-4-5-8-15/h6,9-10,13,15H,4-5,7-8,11-12,14H2,1-3H3,(H,22,26)(H,23,25). The molecule has 0 aromatic heterocycles. The molecule has 2 amide bonds. The monoisotopic (exact) mass is 390 g/mol. The van der Waals surface area contributed by atoms with Gasteiger partial charge in [0, 0.05) is 25.1 Å². The fourth-order valence-corrected chi connectivity index (χ4v) is 3.05. The summed E-state index contributed by atoms with van der Waals surface area (Å²) in [6.07, 6.45) is 3.77. The van der Waals surface area contributed by atoms with Crippen molar-refractivity contribution in [1.29, 1.82) is 0 Å². The molecule has 0 spiro atoms. The molecule has 0 unspecified atom stereocenters. The van der Waals surface area contributed by atoms with E-state index >= 15 is 0 Å². The van der Waals surface area contributed by atoms with Crippen LogP contribution in [-0.2, 0) is 4.74 Å². The summed E-state index contributed by atoms with van der Waals surface area (Å²) in [6, 6.07) is 6.48. The van der Waals surface area contributed by atoms with Gasteiger partial charge in [-0.05, 0) is 51.7 Å². The molecule has 0 aliphatic heterocycles. The maximum Gasteiger partial charge on any atom is 0.412 e. The van der Waals surface area contributed by atoms with Gasteiger partial charge in [0.25, 0.3) is 0 Å². The molecule has 0 heterocycles. The molecule has 1 aromatic rings. The molecule has 0 bridgehead atoms. The SMILES string of the molecule is CC(C)(C)OC(=O)NCCC(=O)c1cccc(OC(=O)NCC2CCCC2)c1. The Balaban J connectivity index is 1.76. The molecule has 0 radical (unpaired) electrons. The lowest BCUT2D eigenvalue weighted by Gasteiger charge is -2.19. The van der Waals surface area contributed by atoms with E-state index in [1.165, 1.54) is 18.9 Å². The van der Waals surface area contributed by atoms with Crippen LogP contribution in [0.2, 0.25) is 0 Å². The van der Waals surface area contributed by atoms with Crippen LogP contribution in [0.5, 0.6) is 5.75 Å². The van der Waals surface area contributed by atoms with E-state index in [9.17, 15) is 14.4 Å². The van der Waals surface area contributed by atoms with E-state index in [2.05, 4.69) is 10.6 Å². The Labute approximate surface area is 166 Å². The third kappa shape index (κ3) is 7.98. The Morgan fingerprint density at radius 2 is 1.79 bits per heavy atom. The summed E-state index contributed by atoms with van der Waals surface area (Å²) in [5.41, 5.74) is -0.162. The molecule has 2 rings (SSSR count). The molecule has 28 heavy (non-hydrogen) atoms. The van der Waals surface area contributed by atoms with Gasteiger partial charge >= 0.3 is 12.2 Å². The fourth-order valence-electron chi connectivity index (χ4n) is 3.05. The highest BCUT2D eigenvalue weighted by atomic mass is 16.6. The Bertz CT molecular complexity index is 690. The first kappa shape index (κ1) is 21.7. The fraction of sp³-hybridized carbons (Fsp3) is 0.571. The first-order chi connectivity index (χ1) is 13.2. The Hall–Kier alpha value is -2.57. The highest BCUT2D eigenvalue weighted by Crippen LogP contribution is 2.23. The predicted molar refractivity (Wildman–Crippen MR) is 106 cm³/mol. The number of amides is 2. The van der Waals surface area contributed by atoms with Crippen LogP contribution in [0.25, 0.3) is 0 Å². The summed E-state index contributed by atoms with van der Waals surface area (Å²) in [5, 5.41) is 5.33. The van der Waals surface area contributed by atoms with Crippen LogP contribution in [0, 0.1) is 5.92 Å². The molecule has 1 aliphatic carbocycles. The number of alkyl carbamates (subject to hydrolysis) is 1. The van der Waals surface area contributed by atoms with E-state index in [1.54, 1.807) is 39.0 Å². The van der Waals surface area contributed by atoms with Gasteiger partial charge in [0.05, 0.1) is 0 Å². The van der Waals surface area contributed by atoms with Gasteiger partial charge in [-0.2, -0.15) is 0 Å². The zero-order chi connectivity index (χ0) is 20.6. The van der Waals surface area contributed by atoms with Crippen molar-refractivity contribution in [2.75, 3.05) is 13.1 Å². The summed E-state index contributed by atoms with van der Waals surface area (Å²) < 4.78 is 10.4. The van der Waals surface area contributed by atoms with Crippen molar-refractivity contribution in [3.8, 4) is 5.75 Å². The Kier molecular flexibility index (Phi) is 7.84. The second-order valence-corrected chi connectivity index (χ2v) is 8.05. The molecule has 0 saturated heterocycles. The second-order valence-electron chi connectivity index (χ2n) is 8.05. The zero-order valence-electron chi connectivity index (χ0n) is 16.9. The van der Waals surface area contributed by atoms with Crippen LogP contribution >= 0.6 is 0 Å². The van der Waals surface area contributed by atoms with Crippen molar-refractivity contribution >= 4 is 18.0 Å². The van der Waals surface area contributed by atoms with Gasteiger partial charge in [-0.1, -0.05) is 25.0 Å². The minimum atomic E-state index is -0.585. The molecular formula is C21H30N2O5. The van der Waals surface area contributed by atoms with Crippen LogP contribution < -0.4 is 15.4 Å². The molecule has 0 atom stereocenters. The third-order valence-corrected chi connectivity index (χ3v) is 4.40. The van der Waals surface area contributed by atoms with Crippen molar-refractivity contribution in [3.05, 3.63) is 29.8 Å². The van der Waals surface area contributed by atoms with Gasteiger partial charge in [-0.25, -0.2) is 9.59 Å². The number of rotatable bonds is 7. The van der Waals surface area contributed by atoms with Gasteiger partial charge in [-0.15, -0.1) is 0 Å². The average Bonchev–Trinajstić information content (AvgIpc) is 3.12. The first-order valence-corrected chi connectivity index (χ1v) is 9.79. The first-order valence-electron chi connectivity index (χ1n) is 9.79. The normalized spacial score (nSPS) is 14.4. The molecule has 1 saturated carbocycles. The van der Waals surface area contributed by atoms with Crippen LogP contribution in [0.1, 0.15) is 63.2 Å². The van der Waals surface area contributed by atoms with E-state index in [0.29, 0.717) is 23.8 Å². The number of hydrogen-bond acceptors (Lipinski definition) is 5. The highest BCUT2D eigenvalue weighted by molar-refractivity contribution is 5.96. The lowest BCUT2D eigenvalue weighted by molar-refractivity contribution is 0.0527. The molecule has 1 aliphatic rings. The second kappa shape index (κ2) is 10.1. The van der Waals surface area contributed by atoms with Crippen LogP contribution in [-0.4, -0.2) is 36.7 Å². The number of ketones is 1. The maximum atomic E-state index is 12.3. The number of benzene rings is 1.